The van der Waals surface area contributed by atoms with Crippen LogP contribution in [0.1, 0.15) is 17.7 Å². The molecule has 0 bridgehead atoms. The number of benzene rings is 1. The molecule has 0 aliphatic carbocycles. The van der Waals surface area contributed by atoms with Gasteiger partial charge in [0, 0.05) is 12.2 Å². The maximum absolute atomic E-state index is 5.92. The molecule has 4 nitrogen and oxygen atoms in total. The van der Waals surface area contributed by atoms with E-state index in [1.165, 1.54) is 11.3 Å². The lowest BCUT2D eigenvalue weighted by Gasteiger charge is -2.31. The van der Waals surface area contributed by atoms with Gasteiger partial charge in [-0.3, -0.25) is 0 Å². The Morgan fingerprint density at radius 3 is 2.95 bits per heavy atom. The molecule has 0 spiro atoms. The van der Waals surface area contributed by atoms with E-state index in [2.05, 4.69) is 39.1 Å². The average molecular weight is 275 g/mol. The summed E-state index contributed by atoms with van der Waals surface area (Å²) in [6, 6.07) is 10.3. The van der Waals surface area contributed by atoms with Crippen molar-refractivity contribution in [2.75, 3.05) is 17.2 Å². The lowest BCUT2D eigenvalue weighted by Crippen LogP contribution is -2.29. The minimum absolute atomic E-state index is 0.229. The van der Waals surface area contributed by atoms with E-state index in [0.717, 1.165) is 25.1 Å². The zero-order valence-electron chi connectivity index (χ0n) is 10.5. The molecule has 1 aliphatic rings. The largest absolute Gasteiger partial charge is 0.368 e. The van der Waals surface area contributed by atoms with Gasteiger partial charge in [-0.15, -0.1) is 0 Å². The van der Waals surface area contributed by atoms with Crippen LogP contribution < -0.4 is 10.6 Å². The average Bonchev–Trinajstić information content (AvgIpc) is 2.38. The van der Waals surface area contributed by atoms with Gasteiger partial charge in [0.2, 0.25) is 5.95 Å². The van der Waals surface area contributed by atoms with Crippen LogP contribution in [0.25, 0.3) is 0 Å². The molecule has 2 heterocycles. The molecule has 0 unspecified atom stereocenters. The molecule has 0 saturated carbocycles. The van der Waals surface area contributed by atoms with Crippen LogP contribution in [-0.2, 0) is 13.0 Å². The van der Waals surface area contributed by atoms with Crippen LogP contribution in [0.3, 0.4) is 0 Å². The summed E-state index contributed by atoms with van der Waals surface area (Å²) in [5.41, 5.74) is 9.16. The van der Waals surface area contributed by atoms with E-state index < -0.39 is 0 Å². The quantitative estimate of drug-likeness (QED) is 0.856. The number of halogens is 1. The Hall–Kier alpha value is -1.81. The molecule has 1 aliphatic heterocycles. The number of rotatable bonds is 2. The first-order chi connectivity index (χ1) is 9.22. The van der Waals surface area contributed by atoms with Crippen LogP contribution in [0.5, 0.6) is 0 Å². The van der Waals surface area contributed by atoms with E-state index in [1.807, 2.05) is 0 Å². The summed E-state index contributed by atoms with van der Waals surface area (Å²) in [6.45, 7) is 1.74. The van der Waals surface area contributed by atoms with Crippen molar-refractivity contribution in [3.05, 3.63) is 46.7 Å². The first-order valence-electron chi connectivity index (χ1n) is 6.34. The molecular formula is C14H15ClN4. The summed E-state index contributed by atoms with van der Waals surface area (Å²) in [5, 5.41) is 0.396. The number of hydrogen-bond acceptors (Lipinski definition) is 4. The lowest BCUT2D eigenvalue weighted by atomic mass is 10.0. The van der Waals surface area contributed by atoms with E-state index >= 15 is 0 Å². The first-order valence-corrected chi connectivity index (χ1v) is 6.72. The maximum Gasteiger partial charge on any atom is 0.221 e. The van der Waals surface area contributed by atoms with Crippen molar-refractivity contribution in [1.29, 1.82) is 0 Å². The molecule has 3 rings (SSSR count). The zero-order valence-corrected chi connectivity index (χ0v) is 11.3. The van der Waals surface area contributed by atoms with Gasteiger partial charge in [-0.1, -0.05) is 29.8 Å². The van der Waals surface area contributed by atoms with Gasteiger partial charge in [0.05, 0.1) is 12.2 Å². The molecule has 0 fully saturated rings. The van der Waals surface area contributed by atoms with Gasteiger partial charge in [0.15, 0.2) is 0 Å². The number of aryl methyl sites for hydroxylation is 1. The molecule has 0 atom stereocenters. The van der Waals surface area contributed by atoms with Crippen LogP contribution in [0.4, 0.5) is 11.6 Å². The lowest BCUT2D eigenvalue weighted by molar-refractivity contribution is 0.683. The normalized spacial score (nSPS) is 14.3. The van der Waals surface area contributed by atoms with E-state index in [0.29, 0.717) is 11.7 Å². The molecule has 0 radical (unpaired) electrons. The fraction of sp³-hybridized carbons (Fsp3) is 0.286. The van der Waals surface area contributed by atoms with Crippen LogP contribution in [0, 0.1) is 0 Å². The molecule has 5 heteroatoms. The Bertz CT molecular complexity index is 579. The minimum atomic E-state index is 0.229. The molecule has 98 valence electrons. The highest BCUT2D eigenvalue weighted by atomic mass is 35.5. The van der Waals surface area contributed by atoms with Crippen molar-refractivity contribution in [1.82, 2.24) is 9.97 Å². The zero-order chi connectivity index (χ0) is 13.2. The van der Waals surface area contributed by atoms with Crippen molar-refractivity contribution in [3.8, 4) is 0 Å². The number of fused-ring (bicyclic) bond motifs is 1. The van der Waals surface area contributed by atoms with Crippen molar-refractivity contribution >= 4 is 23.2 Å². The number of nitrogens with two attached hydrogens (primary N) is 1. The Morgan fingerprint density at radius 2 is 2.11 bits per heavy atom. The Balaban J connectivity index is 1.88. The van der Waals surface area contributed by atoms with E-state index in [1.54, 1.807) is 6.07 Å². The molecule has 1 aromatic heterocycles. The topological polar surface area (TPSA) is 55.0 Å². The SMILES string of the molecule is Nc1nc(Cl)cc(CN2CCCc3ccccc32)n1. The second-order valence-corrected chi connectivity index (χ2v) is 5.08. The third-order valence-electron chi connectivity index (χ3n) is 3.32. The summed E-state index contributed by atoms with van der Waals surface area (Å²) in [4.78, 5) is 10.4. The summed E-state index contributed by atoms with van der Waals surface area (Å²) >= 11 is 5.92. The molecule has 19 heavy (non-hydrogen) atoms. The predicted octanol–water partition coefficient (Wildman–Crippen LogP) is 2.67. The van der Waals surface area contributed by atoms with Gasteiger partial charge in [0.25, 0.3) is 0 Å². The van der Waals surface area contributed by atoms with Crippen molar-refractivity contribution in [3.63, 3.8) is 0 Å². The second kappa shape index (κ2) is 5.05. The second-order valence-electron chi connectivity index (χ2n) is 4.69. The Morgan fingerprint density at radius 1 is 1.26 bits per heavy atom. The van der Waals surface area contributed by atoms with E-state index in [9.17, 15) is 0 Å². The fourth-order valence-electron chi connectivity index (χ4n) is 2.54. The van der Waals surface area contributed by atoms with Gasteiger partial charge in [-0.25, -0.2) is 9.97 Å². The van der Waals surface area contributed by atoms with Gasteiger partial charge in [-0.2, -0.15) is 0 Å². The summed E-state index contributed by atoms with van der Waals surface area (Å²) in [6.07, 6.45) is 2.30. The van der Waals surface area contributed by atoms with Crippen LogP contribution >= 0.6 is 11.6 Å². The first kappa shape index (κ1) is 12.2. The molecule has 1 aromatic carbocycles. The highest BCUT2D eigenvalue weighted by Crippen LogP contribution is 2.28. The van der Waals surface area contributed by atoms with Gasteiger partial charge in [-0.05, 0) is 30.5 Å². The Kier molecular flexibility index (Phi) is 3.25. The number of nitrogens with zero attached hydrogens (tertiary/aromatic N) is 3. The van der Waals surface area contributed by atoms with Gasteiger partial charge >= 0.3 is 0 Å². The minimum Gasteiger partial charge on any atom is -0.368 e. The van der Waals surface area contributed by atoms with Crippen LogP contribution in [0.15, 0.2) is 30.3 Å². The number of hydrogen-bond donors (Lipinski definition) is 1. The van der Waals surface area contributed by atoms with Crippen LogP contribution in [0.2, 0.25) is 5.15 Å². The summed E-state index contributed by atoms with van der Waals surface area (Å²) in [5.74, 6) is 0.229. The van der Waals surface area contributed by atoms with E-state index in [4.69, 9.17) is 17.3 Å². The monoisotopic (exact) mass is 274 g/mol. The number of nitrogen functional groups attached to an aromatic ring is 1. The van der Waals surface area contributed by atoms with Crippen molar-refractivity contribution < 1.29 is 0 Å². The molecular weight excluding hydrogens is 260 g/mol. The maximum atomic E-state index is 5.92. The molecule has 2 aromatic rings. The summed E-state index contributed by atoms with van der Waals surface area (Å²) < 4.78 is 0. The number of para-hydroxylation sites is 1. The van der Waals surface area contributed by atoms with Gasteiger partial charge in [0.1, 0.15) is 5.15 Å². The fourth-order valence-corrected chi connectivity index (χ4v) is 2.75. The standard InChI is InChI=1S/C14H15ClN4/c15-13-8-11(17-14(16)18-13)9-19-7-3-5-10-4-1-2-6-12(10)19/h1-2,4,6,8H,3,5,7,9H2,(H2,16,17,18). The third kappa shape index (κ3) is 2.63. The highest BCUT2D eigenvalue weighted by Gasteiger charge is 2.17. The van der Waals surface area contributed by atoms with Crippen LogP contribution in [-0.4, -0.2) is 16.5 Å². The predicted molar refractivity (Wildman–Crippen MR) is 77.3 cm³/mol. The smallest absolute Gasteiger partial charge is 0.221 e. The van der Waals surface area contributed by atoms with Crippen molar-refractivity contribution in [2.45, 2.75) is 19.4 Å². The third-order valence-corrected chi connectivity index (χ3v) is 3.52. The molecule has 0 saturated heterocycles. The molecule has 2 N–H and O–H groups in total. The van der Waals surface area contributed by atoms with Crippen molar-refractivity contribution in [2.24, 2.45) is 0 Å². The molecule has 0 amide bonds. The van der Waals surface area contributed by atoms with Gasteiger partial charge < -0.3 is 10.6 Å². The Labute approximate surface area is 117 Å². The number of aromatic nitrogens is 2. The summed E-state index contributed by atoms with van der Waals surface area (Å²) in [7, 11) is 0. The van der Waals surface area contributed by atoms with E-state index in [-0.39, 0.29) is 5.95 Å². The number of anilines is 2. The highest BCUT2D eigenvalue weighted by molar-refractivity contribution is 6.29.